The normalized spacial score (nSPS) is 19.9. The lowest BCUT2D eigenvalue weighted by atomic mass is 10.1. The van der Waals surface area contributed by atoms with E-state index in [1.54, 1.807) is 29.2 Å². The smallest absolute Gasteiger partial charge is 0.245 e. The van der Waals surface area contributed by atoms with E-state index in [1.807, 2.05) is 18.4 Å². The molecule has 1 fully saturated rings. The van der Waals surface area contributed by atoms with Gasteiger partial charge < -0.3 is 14.4 Å². The molecule has 1 atom stereocenters. The molecule has 20 heavy (non-hydrogen) atoms. The Hall–Kier alpha value is -1.85. The van der Waals surface area contributed by atoms with Crippen molar-refractivity contribution in [3.63, 3.8) is 0 Å². The van der Waals surface area contributed by atoms with E-state index in [0.717, 1.165) is 18.7 Å². The molecular formula is C14H22N4O2. The van der Waals surface area contributed by atoms with Gasteiger partial charge >= 0.3 is 0 Å². The topological polar surface area (TPSA) is 58.4 Å². The zero-order chi connectivity index (χ0) is 14.7. The number of hydrogen-bond donors (Lipinski definition) is 0. The molecule has 2 rings (SSSR count). The summed E-state index contributed by atoms with van der Waals surface area (Å²) in [7, 11) is 0. The van der Waals surface area contributed by atoms with E-state index in [4.69, 9.17) is 0 Å². The Morgan fingerprint density at radius 2 is 2.10 bits per heavy atom. The van der Waals surface area contributed by atoms with Crippen molar-refractivity contribution in [3.8, 4) is 0 Å². The Morgan fingerprint density at radius 1 is 1.35 bits per heavy atom. The number of nitrogens with zero attached hydrogens (tertiary/aromatic N) is 4. The molecule has 0 bridgehead atoms. The first-order valence-corrected chi connectivity index (χ1v) is 7.15. The van der Waals surface area contributed by atoms with Crippen LogP contribution in [0, 0.1) is 0 Å². The molecule has 1 saturated heterocycles. The van der Waals surface area contributed by atoms with E-state index in [2.05, 4.69) is 4.98 Å². The maximum absolute atomic E-state index is 12.3. The monoisotopic (exact) mass is 278 g/mol. The molecule has 110 valence electrons. The number of amides is 2. The summed E-state index contributed by atoms with van der Waals surface area (Å²) in [6.07, 6.45) is 4.38. The third kappa shape index (κ3) is 2.69. The van der Waals surface area contributed by atoms with Crippen LogP contribution < -0.4 is 0 Å². The quantitative estimate of drug-likeness (QED) is 0.803. The minimum absolute atomic E-state index is 0.00871. The maximum atomic E-state index is 12.3. The van der Waals surface area contributed by atoms with Crippen LogP contribution in [0.25, 0.3) is 0 Å². The summed E-state index contributed by atoms with van der Waals surface area (Å²) in [4.78, 5) is 31.9. The van der Waals surface area contributed by atoms with Crippen molar-refractivity contribution in [2.45, 2.75) is 46.3 Å². The molecule has 1 aromatic rings. The summed E-state index contributed by atoms with van der Waals surface area (Å²) in [6, 6.07) is -0.400. The molecule has 6 heteroatoms. The molecule has 2 amide bonds. The minimum Gasteiger partial charge on any atom is -0.333 e. The van der Waals surface area contributed by atoms with Crippen LogP contribution in [0.5, 0.6) is 0 Å². The fourth-order valence-corrected chi connectivity index (χ4v) is 2.57. The highest BCUT2D eigenvalue weighted by molar-refractivity contribution is 5.94. The molecule has 6 nitrogen and oxygen atoms in total. The third-order valence-corrected chi connectivity index (χ3v) is 3.75. The molecule has 0 unspecified atom stereocenters. The zero-order valence-corrected chi connectivity index (χ0v) is 12.4. The highest BCUT2D eigenvalue weighted by Crippen LogP contribution is 2.16. The lowest BCUT2D eigenvalue weighted by Gasteiger charge is -2.38. The van der Waals surface area contributed by atoms with Gasteiger partial charge in [0.15, 0.2) is 0 Å². The predicted molar refractivity (Wildman–Crippen MR) is 74.8 cm³/mol. The highest BCUT2D eigenvalue weighted by atomic mass is 16.2. The molecule has 1 aromatic heterocycles. The van der Waals surface area contributed by atoms with Gasteiger partial charge in [-0.3, -0.25) is 9.59 Å². The molecule has 0 saturated carbocycles. The second-order valence-electron chi connectivity index (χ2n) is 5.13. The molecule has 0 radical (unpaired) electrons. The van der Waals surface area contributed by atoms with Gasteiger partial charge in [0, 0.05) is 19.3 Å². The molecule has 1 aliphatic rings. The maximum Gasteiger partial charge on any atom is 0.245 e. The summed E-state index contributed by atoms with van der Waals surface area (Å²) in [5, 5.41) is 0. The van der Waals surface area contributed by atoms with Crippen LogP contribution in [-0.2, 0) is 22.7 Å². The Balaban J connectivity index is 2.13. The first-order valence-electron chi connectivity index (χ1n) is 7.15. The number of aromatic nitrogens is 2. The fraction of sp³-hybridized carbons (Fsp3) is 0.643. The number of carbonyl (C=O) groups is 2. The fourth-order valence-electron chi connectivity index (χ4n) is 2.57. The first-order chi connectivity index (χ1) is 9.58. The number of rotatable bonds is 5. The number of carbonyl (C=O) groups excluding carboxylic acids is 2. The van der Waals surface area contributed by atoms with Crippen molar-refractivity contribution in [2.24, 2.45) is 0 Å². The number of imidazole rings is 1. The number of aryl methyl sites for hydroxylation is 1. The molecule has 1 aliphatic heterocycles. The van der Waals surface area contributed by atoms with E-state index < -0.39 is 6.04 Å². The number of hydrogen-bond acceptors (Lipinski definition) is 3. The van der Waals surface area contributed by atoms with Crippen molar-refractivity contribution in [1.82, 2.24) is 19.4 Å². The van der Waals surface area contributed by atoms with Gasteiger partial charge in [0.2, 0.25) is 11.8 Å². The van der Waals surface area contributed by atoms with Gasteiger partial charge in [-0.05, 0) is 20.3 Å². The van der Waals surface area contributed by atoms with Crippen LogP contribution in [0.2, 0.25) is 0 Å². The Kier molecular flexibility index (Phi) is 4.42. The molecule has 0 aromatic carbocycles. The Bertz CT molecular complexity index is 497. The second-order valence-corrected chi connectivity index (χ2v) is 5.13. The van der Waals surface area contributed by atoms with E-state index >= 15 is 0 Å². The second kappa shape index (κ2) is 6.07. The zero-order valence-electron chi connectivity index (χ0n) is 12.4. The van der Waals surface area contributed by atoms with Crippen LogP contribution in [0.1, 0.15) is 32.9 Å². The van der Waals surface area contributed by atoms with E-state index in [9.17, 15) is 9.59 Å². The first kappa shape index (κ1) is 14.6. The van der Waals surface area contributed by atoms with Crippen molar-refractivity contribution in [1.29, 1.82) is 0 Å². The van der Waals surface area contributed by atoms with Gasteiger partial charge in [0.25, 0.3) is 0 Å². The minimum atomic E-state index is -0.400. The van der Waals surface area contributed by atoms with Gasteiger partial charge in [-0.2, -0.15) is 0 Å². The molecule has 0 spiro atoms. The average molecular weight is 278 g/mol. The molecule has 0 aliphatic carbocycles. The van der Waals surface area contributed by atoms with Crippen LogP contribution >= 0.6 is 0 Å². The van der Waals surface area contributed by atoms with Gasteiger partial charge in [-0.15, -0.1) is 0 Å². The van der Waals surface area contributed by atoms with Gasteiger partial charge in [0.1, 0.15) is 6.04 Å². The lowest BCUT2D eigenvalue weighted by molar-refractivity contribution is -0.155. The van der Waals surface area contributed by atoms with Crippen LogP contribution in [0.4, 0.5) is 0 Å². The Labute approximate surface area is 119 Å². The van der Waals surface area contributed by atoms with Crippen LogP contribution in [-0.4, -0.2) is 50.3 Å². The summed E-state index contributed by atoms with van der Waals surface area (Å²) >= 11 is 0. The number of piperazine rings is 1. The predicted octanol–water partition coefficient (Wildman–Crippen LogP) is 0.872. The molecule has 2 heterocycles. The van der Waals surface area contributed by atoms with Gasteiger partial charge in [-0.25, -0.2) is 4.98 Å². The van der Waals surface area contributed by atoms with Crippen molar-refractivity contribution < 1.29 is 9.59 Å². The van der Waals surface area contributed by atoms with Crippen molar-refractivity contribution in [3.05, 3.63) is 18.2 Å². The lowest BCUT2D eigenvalue weighted by Crippen LogP contribution is -2.58. The molecular weight excluding hydrogens is 256 g/mol. The van der Waals surface area contributed by atoms with E-state index in [-0.39, 0.29) is 18.4 Å². The summed E-state index contributed by atoms with van der Waals surface area (Å²) in [5.41, 5.74) is 0.962. The van der Waals surface area contributed by atoms with E-state index in [0.29, 0.717) is 13.1 Å². The highest BCUT2D eigenvalue weighted by Gasteiger charge is 2.36. The summed E-state index contributed by atoms with van der Waals surface area (Å²) in [5.74, 6) is 0.0448. The van der Waals surface area contributed by atoms with Crippen LogP contribution in [0.15, 0.2) is 12.5 Å². The van der Waals surface area contributed by atoms with E-state index in [1.165, 1.54) is 0 Å². The third-order valence-electron chi connectivity index (χ3n) is 3.75. The molecule has 0 N–H and O–H groups in total. The van der Waals surface area contributed by atoms with Crippen LogP contribution in [0.3, 0.4) is 0 Å². The largest absolute Gasteiger partial charge is 0.333 e. The SMILES string of the molecule is CCCN1CC(=O)N(Cc2cncn2CC)[C@H](C)C1=O. The summed E-state index contributed by atoms with van der Waals surface area (Å²) in [6.45, 7) is 7.93. The van der Waals surface area contributed by atoms with Crippen molar-refractivity contribution >= 4 is 11.8 Å². The van der Waals surface area contributed by atoms with Gasteiger partial charge in [-0.1, -0.05) is 6.92 Å². The average Bonchev–Trinajstić information content (AvgIpc) is 2.88. The van der Waals surface area contributed by atoms with Crippen molar-refractivity contribution in [2.75, 3.05) is 13.1 Å². The Morgan fingerprint density at radius 3 is 2.75 bits per heavy atom. The summed E-state index contributed by atoms with van der Waals surface area (Å²) < 4.78 is 1.99. The standard InChI is InChI=1S/C14H22N4O2/c1-4-6-17-9-13(19)18(11(3)14(17)20)8-12-7-15-10-16(12)5-2/h7,10-11H,4-6,8-9H2,1-3H3/t11-/m1/s1. The van der Waals surface area contributed by atoms with Gasteiger partial charge in [0.05, 0.1) is 25.1 Å².